The Balaban J connectivity index is 0.955. The summed E-state index contributed by atoms with van der Waals surface area (Å²) in [6, 6.07) is 62.4. The average molecular weight is 997 g/mol. The molecule has 0 saturated heterocycles. The molecule has 0 radical (unpaired) electrons. The SMILES string of the molecule is COc1ccc(C2(c3ccc(OC(=O)Oc4ccc(C(C)(C)c5ccc(OC(C)=O)cc5)cc4)c(CCc4ccc(Nc5ccc(C)cc5)cc4)c3)CCCCC2)cc1CCc1ccc(Nc2ccc(C)cc2)cc1. The molecule has 1 aliphatic rings. The fourth-order valence-corrected chi connectivity index (χ4v) is 10.4. The first-order valence-corrected chi connectivity index (χ1v) is 26.3. The molecule has 0 aliphatic heterocycles. The molecule has 8 aromatic rings. The van der Waals surface area contributed by atoms with Crippen molar-refractivity contribution >= 4 is 34.9 Å². The number of carbonyl (C=O) groups is 2. The van der Waals surface area contributed by atoms with Gasteiger partial charge in [-0.15, -0.1) is 0 Å². The van der Waals surface area contributed by atoms with E-state index in [0.717, 1.165) is 90.1 Å². The maximum Gasteiger partial charge on any atom is 0.519 e. The predicted octanol–water partition coefficient (Wildman–Crippen LogP) is 16.4. The Bertz CT molecular complexity index is 3190. The quantitative estimate of drug-likeness (QED) is 0.0499. The Morgan fingerprint density at radius 3 is 1.33 bits per heavy atom. The smallest absolute Gasteiger partial charge is 0.496 e. The number of rotatable bonds is 18. The van der Waals surface area contributed by atoms with Gasteiger partial charge in [0.25, 0.3) is 0 Å². The van der Waals surface area contributed by atoms with Gasteiger partial charge in [-0.3, -0.25) is 4.79 Å². The first-order valence-electron chi connectivity index (χ1n) is 26.3. The van der Waals surface area contributed by atoms with E-state index in [1.54, 1.807) is 31.4 Å². The number of ether oxygens (including phenoxy) is 4. The number of carbonyl (C=O) groups excluding carboxylic acids is 2. The highest BCUT2D eigenvalue weighted by Gasteiger charge is 2.37. The second-order valence-corrected chi connectivity index (χ2v) is 20.6. The molecule has 1 fully saturated rings. The molecule has 0 bridgehead atoms. The van der Waals surface area contributed by atoms with Crippen LogP contribution in [-0.2, 0) is 41.3 Å². The maximum absolute atomic E-state index is 13.8. The molecule has 0 heterocycles. The second-order valence-electron chi connectivity index (χ2n) is 20.6. The second kappa shape index (κ2) is 23.4. The van der Waals surface area contributed by atoms with E-state index in [9.17, 15) is 9.59 Å². The maximum atomic E-state index is 13.8. The fourth-order valence-electron chi connectivity index (χ4n) is 10.4. The van der Waals surface area contributed by atoms with Gasteiger partial charge in [-0.1, -0.05) is 141 Å². The molecular weight excluding hydrogens is 929 g/mol. The number of esters is 1. The third kappa shape index (κ3) is 13.0. The molecule has 8 heteroatoms. The van der Waals surface area contributed by atoms with Gasteiger partial charge in [0.1, 0.15) is 23.0 Å². The van der Waals surface area contributed by atoms with E-state index >= 15 is 0 Å². The van der Waals surface area contributed by atoms with E-state index < -0.39 is 6.16 Å². The van der Waals surface area contributed by atoms with Crippen LogP contribution in [0.5, 0.6) is 23.0 Å². The molecule has 8 aromatic carbocycles. The third-order valence-electron chi connectivity index (χ3n) is 14.9. The zero-order valence-corrected chi connectivity index (χ0v) is 44.1. The lowest BCUT2D eigenvalue weighted by Crippen LogP contribution is -2.31. The number of aryl methyl sites for hydroxylation is 6. The molecule has 75 heavy (non-hydrogen) atoms. The van der Waals surface area contributed by atoms with E-state index in [1.807, 2.05) is 30.3 Å². The molecule has 8 nitrogen and oxygen atoms in total. The monoisotopic (exact) mass is 997 g/mol. The summed E-state index contributed by atoms with van der Waals surface area (Å²) in [4.78, 5) is 25.2. The van der Waals surface area contributed by atoms with Gasteiger partial charge in [0.05, 0.1) is 7.11 Å². The van der Waals surface area contributed by atoms with Gasteiger partial charge < -0.3 is 29.6 Å². The standard InChI is InChI=1S/C67H68N2O6/c1-46-10-28-57(29-11-46)68-59-32-16-49(17-33-59)14-20-51-44-55(26-40-63(51)72-6)67(42-8-7-9-43-67)56-27-41-64(52(45-56)21-15-50-18-34-60(35-19-50)69-58-30-12-47(2)13-31-58)75-65(71)74-62-38-24-54(25-39-62)66(4,5)53-22-36-61(37-23-53)73-48(3)70/h10-13,16-19,22-41,44-45,68-69H,7-9,14-15,20-21,42-43H2,1-6H3. The zero-order chi connectivity index (χ0) is 52.4. The van der Waals surface area contributed by atoms with Crippen LogP contribution in [0.3, 0.4) is 0 Å². The largest absolute Gasteiger partial charge is 0.519 e. The van der Waals surface area contributed by atoms with Crippen molar-refractivity contribution in [3.8, 4) is 23.0 Å². The topological polar surface area (TPSA) is 95.1 Å². The van der Waals surface area contributed by atoms with Crippen molar-refractivity contribution in [1.82, 2.24) is 0 Å². The summed E-state index contributed by atoms with van der Waals surface area (Å²) < 4.78 is 23.3. The minimum atomic E-state index is -0.798. The summed E-state index contributed by atoms with van der Waals surface area (Å²) in [6.07, 6.45) is 7.76. The molecular formula is C67H68N2O6. The van der Waals surface area contributed by atoms with Crippen LogP contribution in [0.2, 0.25) is 0 Å². The lowest BCUT2D eigenvalue weighted by atomic mass is 9.64. The number of hydrogen-bond acceptors (Lipinski definition) is 8. The van der Waals surface area contributed by atoms with E-state index in [1.165, 1.54) is 52.3 Å². The zero-order valence-electron chi connectivity index (χ0n) is 44.1. The first kappa shape index (κ1) is 51.8. The van der Waals surface area contributed by atoms with Crippen molar-refractivity contribution in [1.29, 1.82) is 0 Å². The molecule has 0 spiro atoms. The molecule has 0 unspecified atom stereocenters. The molecule has 0 atom stereocenters. The van der Waals surface area contributed by atoms with Crippen LogP contribution in [0, 0.1) is 13.8 Å². The molecule has 1 aliphatic carbocycles. The number of hydrogen-bond donors (Lipinski definition) is 2. The van der Waals surface area contributed by atoms with Crippen LogP contribution < -0.4 is 29.6 Å². The van der Waals surface area contributed by atoms with Gasteiger partial charge in [-0.25, -0.2) is 4.79 Å². The lowest BCUT2D eigenvalue weighted by Gasteiger charge is -2.39. The molecule has 1 saturated carbocycles. The summed E-state index contributed by atoms with van der Waals surface area (Å²) >= 11 is 0. The molecule has 0 amide bonds. The number of benzene rings is 8. The Kier molecular flexibility index (Phi) is 16.2. The van der Waals surface area contributed by atoms with Crippen molar-refractivity contribution < 1.29 is 28.5 Å². The van der Waals surface area contributed by atoms with E-state index in [4.69, 9.17) is 18.9 Å². The normalized spacial score (nSPS) is 13.1. The Morgan fingerprint density at radius 2 is 0.893 bits per heavy atom. The van der Waals surface area contributed by atoms with Gasteiger partial charge in [-0.05, 0) is 182 Å². The molecule has 0 aromatic heterocycles. The van der Waals surface area contributed by atoms with Crippen LogP contribution in [0.25, 0.3) is 0 Å². The van der Waals surface area contributed by atoms with Crippen molar-refractivity contribution in [2.24, 2.45) is 0 Å². The highest BCUT2D eigenvalue weighted by molar-refractivity contribution is 5.70. The first-order chi connectivity index (χ1) is 36.3. The minimum absolute atomic E-state index is 0.237. The lowest BCUT2D eigenvalue weighted by molar-refractivity contribution is -0.131. The summed E-state index contributed by atoms with van der Waals surface area (Å²) in [6.45, 7) is 9.82. The summed E-state index contributed by atoms with van der Waals surface area (Å²) in [7, 11) is 1.76. The van der Waals surface area contributed by atoms with E-state index in [2.05, 4.69) is 166 Å². The summed E-state index contributed by atoms with van der Waals surface area (Å²) in [5.41, 5.74) is 15.2. The van der Waals surface area contributed by atoms with Crippen molar-refractivity contribution in [3.63, 3.8) is 0 Å². The Labute approximate surface area is 443 Å². The fraction of sp³-hybridized carbons (Fsp3) is 0.254. The van der Waals surface area contributed by atoms with Crippen LogP contribution in [0.4, 0.5) is 27.5 Å². The van der Waals surface area contributed by atoms with Gasteiger partial charge in [0, 0.05) is 40.5 Å². The predicted molar refractivity (Wildman–Crippen MR) is 303 cm³/mol. The van der Waals surface area contributed by atoms with Crippen molar-refractivity contribution in [3.05, 3.63) is 238 Å². The minimum Gasteiger partial charge on any atom is -0.496 e. The number of anilines is 4. The molecule has 2 N–H and O–H groups in total. The Hall–Kier alpha value is -8.10. The van der Waals surface area contributed by atoms with Crippen LogP contribution in [0.15, 0.2) is 182 Å². The van der Waals surface area contributed by atoms with Crippen LogP contribution >= 0.6 is 0 Å². The highest BCUT2D eigenvalue weighted by Crippen LogP contribution is 2.47. The van der Waals surface area contributed by atoms with Crippen LogP contribution in [-0.4, -0.2) is 19.2 Å². The average Bonchev–Trinajstić information content (AvgIpc) is 3.42. The van der Waals surface area contributed by atoms with Gasteiger partial charge in [0.2, 0.25) is 0 Å². The van der Waals surface area contributed by atoms with Crippen LogP contribution in [0.1, 0.15) is 109 Å². The number of methoxy groups -OCH3 is 1. The van der Waals surface area contributed by atoms with Gasteiger partial charge in [-0.2, -0.15) is 0 Å². The summed E-state index contributed by atoms with van der Waals surface area (Å²) in [5.74, 6) is 1.90. The summed E-state index contributed by atoms with van der Waals surface area (Å²) in [5, 5.41) is 7.03. The Morgan fingerprint density at radius 1 is 0.480 bits per heavy atom. The van der Waals surface area contributed by atoms with Crippen molar-refractivity contribution in [2.45, 2.75) is 103 Å². The molecule has 382 valence electrons. The van der Waals surface area contributed by atoms with Crippen molar-refractivity contribution in [2.75, 3.05) is 17.7 Å². The third-order valence-corrected chi connectivity index (χ3v) is 14.9. The van der Waals surface area contributed by atoms with Gasteiger partial charge >= 0.3 is 12.1 Å². The van der Waals surface area contributed by atoms with Gasteiger partial charge in [0.15, 0.2) is 0 Å². The molecule has 9 rings (SSSR count). The van der Waals surface area contributed by atoms with E-state index in [-0.39, 0.29) is 16.8 Å². The highest BCUT2D eigenvalue weighted by atomic mass is 16.7. The number of nitrogens with one attached hydrogen (secondary N) is 2. The van der Waals surface area contributed by atoms with E-state index in [0.29, 0.717) is 23.7 Å².